The van der Waals surface area contributed by atoms with Crippen molar-refractivity contribution in [2.45, 2.75) is 58.0 Å². The Morgan fingerprint density at radius 2 is 1.86 bits per heavy atom. The molecule has 1 atom stereocenters. The zero-order valence-corrected chi connectivity index (χ0v) is 10.00. The second-order valence-corrected chi connectivity index (χ2v) is 5.00. The van der Waals surface area contributed by atoms with Gasteiger partial charge in [-0.3, -0.25) is 0 Å². The van der Waals surface area contributed by atoms with Gasteiger partial charge in [0.25, 0.3) is 0 Å². The summed E-state index contributed by atoms with van der Waals surface area (Å²) in [5.74, 6) is 0.995. The van der Waals surface area contributed by atoms with Crippen molar-refractivity contribution in [3.8, 4) is 0 Å². The molecule has 0 spiro atoms. The summed E-state index contributed by atoms with van der Waals surface area (Å²) < 4.78 is 0. The van der Waals surface area contributed by atoms with E-state index in [0.29, 0.717) is 6.04 Å². The molecule has 2 heteroatoms. The van der Waals surface area contributed by atoms with Crippen LogP contribution in [0.25, 0.3) is 0 Å². The quantitative estimate of drug-likeness (QED) is 0.750. The molecule has 0 unspecified atom stereocenters. The second-order valence-electron chi connectivity index (χ2n) is 5.00. The van der Waals surface area contributed by atoms with E-state index in [1.54, 1.807) is 0 Å². The third-order valence-electron chi connectivity index (χ3n) is 3.59. The fraction of sp³-hybridized carbons (Fsp3) is 1.00. The number of nitrogens with two attached hydrogens (primary N) is 1. The number of hydrogen-bond acceptors (Lipinski definition) is 2. The minimum absolute atomic E-state index is 0.309. The fourth-order valence-electron chi connectivity index (χ4n) is 2.60. The van der Waals surface area contributed by atoms with Crippen LogP contribution in [0.15, 0.2) is 0 Å². The van der Waals surface area contributed by atoms with E-state index < -0.39 is 0 Å². The molecular weight excluding hydrogens is 172 g/mol. The zero-order valence-electron chi connectivity index (χ0n) is 10.00. The molecule has 2 nitrogen and oxygen atoms in total. The zero-order chi connectivity index (χ0) is 10.6. The van der Waals surface area contributed by atoms with Crippen molar-refractivity contribution in [1.29, 1.82) is 0 Å². The van der Waals surface area contributed by atoms with Crippen LogP contribution in [0.3, 0.4) is 0 Å². The highest BCUT2D eigenvalue weighted by atomic mass is 15.1. The molecule has 0 radical (unpaired) electrons. The monoisotopic (exact) mass is 198 g/mol. The Morgan fingerprint density at radius 3 is 2.29 bits per heavy atom. The van der Waals surface area contributed by atoms with Crippen molar-refractivity contribution in [1.82, 2.24) is 4.90 Å². The van der Waals surface area contributed by atoms with Crippen molar-refractivity contribution < 1.29 is 0 Å². The summed E-state index contributed by atoms with van der Waals surface area (Å²) in [6.07, 6.45) is 6.96. The molecule has 1 fully saturated rings. The third-order valence-corrected chi connectivity index (χ3v) is 3.59. The molecule has 0 aliphatic heterocycles. The van der Waals surface area contributed by atoms with E-state index in [4.69, 9.17) is 5.73 Å². The van der Waals surface area contributed by atoms with E-state index in [1.807, 2.05) is 0 Å². The summed E-state index contributed by atoms with van der Waals surface area (Å²) in [7, 11) is 2.22. The van der Waals surface area contributed by atoms with Gasteiger partial charge in [0.1, 0.15) is 0 Å². The molecule has 1 rings (SSSR count). The van der Waals surface area contributed by atoms with Gasteiger partial charge in [-0.1, -0.05) is 13.3 Å². The average molecular weight is 198 g/mol. The standard InChI is InChI=1S/C12H26N2/c1-4-11-5-7-12(8-6-11)14(3)9-10(2)13/h10-12H,4-9,13H2,1-3H3/t10-,11?,12?/m1/s1. The Kier molecular flexibility index (Phi) is 4.90. The highest BCUT2D eigenvalue weighted by Gasteiger charge is 2.22. The molecule has 14 heavy (non-hydrogen) atoms. The van der Waals surface area contributed by atoms with Gasteiger partial charge in [0.15, 0.2) is 0 Å². The summed E-state index contributed by atoms with van der Waals surface area (Å²) in [5, 5.41) is 0. The number of nitrogens with zero attached hydrogens (tertiary/aromatic N) is 1. The number of rotatable bonds is 4. The summed E-state index contributed by atoms with van der Waals surface area (Å²) in [4.78, 5) is 2.45. The predicted molar refractivity (Wildman–Crippen MR) is 62.3 cm³/mol. The highest BCUT2D eigenvalue weighted by Crippen LogP contribution is 2.28. The van der Waals surface area contributed by atoms with E-state index in [9.17, 15) is 0 Å². The second kappa shape index (κ2) is 5.72. The first-order chi connectivity index (χ1) is 6.63. The molecule has 0 saturated heterocycles. The van der Waals surface area contributed by atoms with E-state index >= 15 is 0 Å². The SMILES string of the molecule is CCC1CCC(N(C)C[C@@H](C)N)CC1. The molecule has 0 aromatic carbocycles. The molecule has 1 aliphatic rings. The van der Waals surface area contributed by atoms with Gasteiger partial charge >= 0.3 is 0 Å². The van der Waals surface area contributed by atoms with Crippen LogP contribution < -0.4 is 5.73 Å². The molecule has 0 amide bonds. The molecule has 2 N–H and O–H groups in total. The fourth-order valence-corrected chi connectivity index (χ4v) is 2.60. The van der Waals surface area contributed by atoms with Gasteiger partial charge in [-0.2, -0.15) is 0 Å². The minimum Gasteiger partial charge on any atom is -0.327 e. The summed E-state index contributed by atoms with van der Waals surface area (Å²) in [6.45, 7) is 5.45. The van der Waals surface area contributed by atoms with E-state index in [-0.39, 0.29) is 0 Å². The number of likely N-dealkylation sites (N-methyl/N-ethyl adjacent to an activating group) is 1. The summed E-state index contributed by atoms with van der Waals surface area (Å²) in [6, 6.07) is 1.10. The smallest absolute Gasteiger partial charge is 0.0139 e. The van der Waals surface area contributed by atoms with Crippen LogP contribution in [0.4, 0.5) is 0 Å². The van der Waals surface area contributed by atoms with Gasteiger partial charge < -0.3 is 10.6 Å². The van der Waals surface area contributed by atoms with Gasteiger partial charge in [-0.05, 0) is 45.6 Å². The van der Waals surface area contributed by atoms with Crippen LogP contribution in [0.1, 0.15) is 46.0 Å². The molecule has 0 heterocycles. The van der Waals surface area contributed by atoms with Crippen molar-refractivity contribution in [3.05, 3.63) is 0 Å². The predicted octanol–water partition coefficient (Wildman–Crippen LogP) is 2.23. The lowest BCUT2D eigenvalue weighted by molar-refractivity contribution is 0.158. The average Bonchev–Trinajstić information content (AvgIpc) is 2.17. The Balaban J connectivity index is 2.26. The van der Waals surface area contributed by atoms with Gasteiger partial charge in [-0.15, -0.1) is 0 Å². The van der Waals surface area contributed by atoms with Gasteiger partial charge in [0.2, 0.25) is 0 Å². The highest BCUT2D eigenvalue weighted by molar-refractivity contribution is 4.78. The van der Waals surface area contributed by atoms with Crippen LogP contribution in [-0.4, -0.2) is 30.6 Å². The molecular formula is C12H26N2. The van der Waals surface area contributed by atoms with E-state index in [0.717, 1.165) is 18.5 Å². The molecule has 1 aliphatic carbocycles. The molecule has 1 saturated carbocycles. The van der Waals surface area contributed by atoms with Gasteiger partial charge in [0, 0.05) is 18.6 Å². The first kappa shape index (κ1) is 12.0. The minimum atomic E-state index is 0.309. The maximum absolute atomic E-state index is 5.81. The van der Waals surface area contributed by atoms with E-state index in [1.165, 1.54) is 32.1 Å². The van der Waals surface area contributed by atoms with Crippen molar-refractivity contribution in [2.24, 2.45) is 11.7 Å². The van der Waals surface area contributed by atoms with E-state index in [2.05, 4.69) is 25.8 Å². The van der Waals surface area contributed by atoms with Crippen molar-refractivity contribution in [3.63, 3.8) is 0 Å². The van der Waals surface area contributed by atoms with Crippen LogP contribution in [0, 0.1) is 5.92 Å². The molecule has 84 valence electrons. The van der Waals surface area contributed by atoms with Crippen LogP contribution >= 0.6 is 0 Å². The molecule has 0 aromatic heterocycles. The molecule has 0 bridgehead atoms. The van der Waals surface area contributed by atoms with Gasteiger partial charge in [-0.25, -0.2) is 0 Å². The number of hydrogen-bond donors (Lipinski definition) is 1. The first-order valence-electron chi connectivity index (χ1n) is 6.09. The Labute approximate surface area is 88.8 Å². The van der Waals surface area contributed by atoms with Crippen molar-refractivity contribution >= 4 is 0 Å². The normalized spacial score (nSPS) is 30.6. The van der Waals surface area contributed by atoms with Crippen LogP contribution in [0.2, 0.25) is 0 Å². The largest absolute Gasteiger partial charge is 0.327 e. The Morgan fingerprint density at radius 1 is 1.29 bits per heavy atom. The van der Waals surface area contributed by atoms with Crippen molar-refractivity contribution in [2.75, 3.05) is 13.6 Å². The maximum atomic E-state index is 5.81. The lowest BCUT2D eigenvalue weighted by Crippen LogP contribution is -2.41. The summed E-state index contributed by atoms with van der Waals surface area (Å²) >= 11 is 0. The maximum Gasteiger partial charge on any atom is 0.0139 e. The molecule has 0 aromatic rings. The van der Waals surface area contributed by atoms with Crippen LogP contribution in [-0.2, 0) is 0 Å². The topological polar surface area (TPSA) is 29.3 Å². The first-order valence-corrected chi connectivity index (χ1v) is 6.09. The lowest BCUT2D eigenvalue weighted by Gasteiger charge is -2.35. The summed E-state index contributed by atoms with van der Waals surface area (Å²) in [5.41, 5.74) is 5.81. The van der Waals surface area contributed by atoms with Crippen LogP contribution in [0.5, 0.6) is 0 Å². The Hall–Kier alpha value is -0.0800. The van der Waals surface area contributed by atoms with Gasteiger partial charge in [0.05, 0.1) is 0 Å². The third kappa shape index (κ3) is 3.58. The Bertz CT molecular complexity index is 148. The lowest BCUT2D eigenvalue weighted by atomic mass is 9.84.